The van der Waals surface area contributed by atoms with Crippen LogP contribution in [0.3, 0.4) is 0 Å². The van der Waals surface area contributed by atoms with Crippen LogP contribution in [0.1, 0.15) is 6.92 Å². The maximum Gasteiger partial charge on any atom is 0.417 e. The molecule has 0 aromatic rings. The Bertz CT molecular complexity index is 98.5. The van der Waals surface area contributed by atoms with Gasteiger partial charge in [0.05, 0.1) is 0 Å². The van der Waals surface area contributed by atoms with Crippen molar-refractivity contribution in [3.63, 3.8) is 0 Å². The van der Waals surface area contributed by atoms with Gasteiger partial charge in [-0.1, -0.05) is 15.9 Å². The summed E-state index contributed by atoms with van der Waals surface area (Å²) in [5.74, 6) is 0. The lowest BCUT2D eigenvalue weighted by atomic mass is 10.1. The van der Waals surface area contributed by atoms with Crippen LogP contribution in [0.4, 0.5) is 13.2 Å². The van der Waals surface area contributed by atoms with Crippen LogP contribution < -0.4 is 0 Å². The first-order valence-corrected chi connectivity index (χ1v) is 3.28. The average molecular weight is 207 g/mol. The zero-order valence-electron chi connectivity index (χ0n) is 4.67. The molecule has 0 bridgehead atoms. The number of aliphatic hydroxyl groups is 1. The molecule has 9 heavy (non-hydrogen) atoms. The molecule has 0 aliphatic rings. The molecule has 0 fully saturated rings. The van der Waals surface area contributed by atoms with Crippen molar-refractivity contribution >= 4 is 15.9 Å². The van der Waals surface area contributed by atoms with E-state index in [-0.39, 0.29) is 0 Å². The molecule has 0 aliphatic carbocycles. The minimum absolute atomic E-state index is 0.497. The fourth-order valence-electron chi connectivity index (χ4n) is 0.0758. The monoisotopic (exact) mass is 206 g/mol. The van der Waals surface area contributed by atoms with Crippen LogP contribution in [0.15, 0.2) is 0 Å². The van der Waals surface area contributed by atoms with Gasteiger partial charge in [0.25, 0.3) is 0 Å². The molecule has 0 aliphatic heterocycles. The van der Waals surface area contributed by atoms with Crippen molar-refractivity contribution in [3.8, 4) is 0 Å². The Morgan fingerprint density at radius 2 is 1.78 bits per heavy atom. The molecule has 1 nitrogen and oxygen atoms in total. The van der Waals surface area contributed by atoms with Crippen LogP contribution in [-0.2, 0) is 0 Å². The number of alkyl halides is 4. The predicted molar refractivity (Wildman–Crippen MR) is 30.5 cm³/mol. The molecule has 0 radical (unpaired) electrons. The second kappa shape index (κ2) is 2.46. The molecule has 0 aromatic heterocycles. The third-order valence-electron chi connectivity index (χ3n) is 0.871. The van der Waals surface area contributed by atoms with E-state index >= 15 is 0 Å². The number of hydrogen-bond donors (Lipinski definition) is 1. The van der Waals surface area contributed by atoms with Crippen molar-refractivity contribution in [1.82, 2.24) is 0 Å². The van der Waals surface area contributed by atoms with Gasteiger partial charge in [0.1, 0.15) is 0 Å². The lowest BCUT2D eigenvalue weighted by molar-refractivity contribution is -0.242. The fourth-order valence-corrected chi connectivity index (χ4v) is 0.394. The summed E-state index contributed by atoms with van der Waals surface area (Å²) in [6.07, 6.45) is -4.55. The van der Waals surface area contributed by atoms with Crippen LogP contribution >= 0.6 is 15.9 Å². The van der Waals surface area contributed by atoms with Crippen molar-refractivity contribution in [1.29, 1.82) is 0 Å². The molecule has 0 amide bonds. The Labute approximate surface area is 59.0 Å². The molecule has 1 N–H and O–H groups in total. The molecule has 0 rings (SSSR count). The standard InChI is InChI=1S/C4H6BrF3O/c1-3(9,2-5)4(6,7)8/h9H,2H2,1H3. The maximum atomic E-state index is 11.6. The van der Waals surface area contributed by atoms with E-state index in [2.05, 4.69) is 15.9 Å². The summed E-state index contributed by atoms with van der Waals surface area (Å²) >= 11 is 2.54. The summed E-state index contributed by atoms with van der Waals surface area (Å²) in [6, 6.07) is 0. The lowest BCUT2D eigenvalue weighted by Gasteiger charge is -2.23. The summed E-state index contributed by atoms with van der Waals surface area (Å²) in [6.45, 7) is 0.710. The summed E-state index contributed by atoms with van der Waals surface area (Å²) in [7, 11) is 0. The molecule has 0 saturated heterocycles. The Balaban J connectivity index is 4.14. The molecule has 0 aromatic carbocycles. The molecule has 5 heteroatoms. The highest BCUT2D eigenvalue weighted by atomic mass is 79.9. The summed E-state index contributed by atoms with van der Waals surface area (Å²) in [4.78, 5) is 0. The zero-order valence-corrected chi connectivity index (χ0v) is 6.25. The van der Waals surface area contributed by atoms with E-state index in [4.69, 9.17) is 5.11 Å². The number of rotatable bonds is 1. The normalized spacial score (nSPS) is 19.3. The van der Waals surface area contributed by atoms with Crippen molar-refractivity contribution in [3.05, 3.63) is 0 Å². The number of hydrogen-bond acceptors (Lipinski definition) is 1. The minimum atomic E-state index is -4.55. The van der Waals surface area contributed by atoms with Crippen LogP contribution in [0.5, 0.6) is 0 Å². The van der Waals surface area contributed by atoms with E-state index < -0.39 is 17.1 Å². The molecular weight excluding hydrogens is 201 g/mol. The van der Waals surface area contributed by atoms with Gasteiger partial charge < -0.3 is 5.11 Å². The first-order chi connectivity index (χ1) is 3.81. The zero-order chi connectivity index (χ0) is 7.71. The molecule has 0 saturated carbocycles. The molecule has 1 unspecified atom stereocenters. The van der Waals surface area contributed by atoms with E-state index in [0.717, 1.165) is 0 Å². The third kappa shape index (κ3) is 2.14. The molecular formula is C4H6BrF3O. The third-order valence-corrected chi connectivity index (χ3v) is 1.96. The largest absolute Gasteiger partial charge is 0.417 e. The Kier molecular flexibility index (Phi) is 2.52. The van der Waals surface area contributed by atoms with Gasteiger partial charge in [-0.25, -0.2) is 0 Å². The minimum Gasteiger partial charge on any atom is -0.380 e. The van der Waals surface area contributed by atoms with E-state index in [9.17, 15) is 13.2 Å². The Morgan fingerprint density at radius 3 is 1.78 bits per heavy atom. The number of halogens is 4. The van der Waals surface area contributed by atoms with Crippen molar-refractivity contribution in [2.45, 2.75) is 18.7 Å². The second-order valence-electron chi connectivity index (χ2n) is 1.91. The van der Waals surface area contributed by atoms with Gasteiger partial charge in [0.15, 0.2) is 5.60 Å². The first-order valence-electron chi connectivity index (χ1n) is 2.16. The molecule has 0 heterocycles. The maximum absolute atomic E-state index is 11.6. The second-order valence-corrected chi connectivity index (χ2v) is 2.47. The fraction of sp³-hybridized carbons (Fsp3) is 1.00. The molecule has 1 atom stereocenters. The van der Waals surface area contributed by atoms with Gasteiger partial charge in [0.2, 0.25) is 0 Å². The smallest absolute Gasteiger partial charge is 0.380 e. The van der Waals surface area contributed by atoms with E-state index in [1.807, 2.05) is 0 Å². The van der Waals surface area contributed by atoms with E-state index in [0.29, 0.717) is 6.92 Å². The summed E-state index contributed by atoms with van der Waals surface area (Å²) in [5, 5.41) is 7.99. The quantitative estimate of drug-likeness (QED) is 0.648. The van der Waals surface area contributed by atoms with Crippen LogP contribution in [0.25, 0.3) is 0 Å². The summed E-state index contributed by atoms with van der Waals surface area (Å²) in [5.41, 5.74) is -2.60. The Hall–Kier alpha value is 0.230. The van der Waals surface area contributed by atoms with Gasteiger partial charge in [-0.3, -0.25) is 0 Å². The van der Waals surface area contributed by atoms with Crippen molar-refractivity contribution < 1.29 is 18.3 Å². The molecule has 0 spiro atoms. The van der Waals surface area contributed by atoms with Gasteiger partial charge in [-0.2, -0.15) is 13.2 Å². The first kappa shape index (κ1) is 9.23. The van der Waals surface area contributed by atoms with Crippen LogP contribution in [-0.4, -0.2) is 22.2 Å². The topological polar surface area (TPSA) is 20.2 Å². The average Bonchev–Trinajstić information content (AvgIpc) is 1.64. The lowest BCUT2D eigenvalue weighted by Crippen LogP contribution is -2.43. The Morgan fingerprint density at radius 1 is 1.44 bits per heavy atom. The SMILES string of the molecule is CC(O)(CBr)C(F)(F)F. The van der Waals surface area contributed by atoms with Crippen molar-refractivity contribution in [2.75, 3.05) is 5.33 Å². The predicted octanol–water partition coefficient (Wildman–Crippen LogP) is 1.69. The van der Waals surface area contributed by atoms with Crippen molar-refractivity contribution in [2.24, 2.45) is 0 Å². The van der Waals surface area contributed by atoms with E-state index in [1.165, 1.54) is 0 Å². The highest BCUT2D eigenvalue weighted by Gasteiger charge is 2.48. The van der Waals surface area contributed by atoms with Crippen LogP contribution in [0, 0.1) is 0 Å². The van der Waals surface area contributed by atoms with Gasteiger partial charge in [-0.15, -0.1) is 0 Å². The van der Waals surface area contributed by atoms with Gasteiger partial charge >= 0.3 is 6.18 Å². The summed E-state index contributed by atoms with van der Waals surface area (Å²) < 4.78 is 34.7. The van der Waals surface area contributed by atoms with Gasteiger partial charge in [-0.05, 0) is 6.92 Å². The molecule has 56 valence electrons. The van der Waals surface area contributed by atoms with E-state index in [1.54, 1.807) is 0 Å². The van der Waals surface area contributed by atoms with Crippen LogP contribution in [0.2, 0.25) is 0 Å². The van der Waals surface area contributed by atoms with Gasteiger partial charge in [0, 0.05) is 5.33 Å². The highest BCUT2D eigenvalue weighted by Crippen LogP contribution is 2.30. The highest BCUT2D eigenvalue weighted by molar-refractivity contribution is 9.09.